The highest BCUT2D eigenvalue weighted by Gasteiger charge is 2.77. The van der Waals surface area contributed by atoms with Crippen molar-refractivity contribution < 1.29 is 43.9 Å². The lowest BCUT2D eigenvalue weighted by Crippen LogP contribution is -2.71. The summed E-state index contributed by atoms with van der Waals surface area (Å²) >= 11 is 0. The molecule has 0 aromatic rings. The second-order valence-electron chi connectivity index (χ2n) is 13.6. The molecule has 2 heterocycles. The molecule has 222 valence electrons. The molecule has 3 fully saturated rings. The summed E-state index contributed by atoms with van der Waals surface area (Å²) in [7, 11) is 0. The van der Waals surface area contributed by atoms with E-state index in [1.54, 1.807) is 19.9 Å². The van der Waals surface area contributed by atoms with Crippen molar-refractivity contribution in [2.45, 2.75) is 128 Å². The molecule has 5 rings (SSSR count). The van der Waals surface area contributed by atoms with Gasteiger partial charge in [-0.3, -0.25) is 9.59 Å². The van der Waals surface area contributed by atoms with Gasteiger partial charge in [-0.15, -0.1) is 0 Å². The third-order valence-electron chi connectivity index (χ3n) is 12.0. The maximum Gasteiger partial charge on any atom is 0.334 e. The summed E-state index contributed by atoms with van der Waals surface area (Å²) in [4.78, 5) is 38.2. The van der Waals surface area contributed by atoms with Gasteiger partial charge in [-0.05, 0) is 84.6 Å². The number of carbonyl (C=O) groups excluding carboxylic acids is 3. The van der Waals surface area contributed by atoms with Gasteiger partial charge in [0.15, 0.2) is 5.78 Å². The third-order valence-corrected chi connectivity index (χ3v) is 12.0. The maximum atomic E-state index is 13.4. The monoisotopic (exact) mass is 560 g/mol. The maximum absolute atomic E-state index is 13.4. The Balaban J connectivity index is 1.60. The molecule has 2 aliphatic heterocycles. The average Bonchev–Trinajstić information content (AvgIpc) is 3.54. The smallest absolute Gasteiger partial charge is 0.334 e. The molecule has 0 amide bonds. The van der Waals surface area contributed by atoms with Crippen molar-refractivity contribution in [3.05, 3.63) is 23.3 Å². The first-order valence-corrected chi connectivity index (χ1v) is 14.6. The highest BCUT2D eigenvalue weighted by molar-refractivity contribution is 5.97. The van der Waals surface area contributed by atoms with E-state index in [2.05, 4.69) is 0 Å². The summed E-state index contributed by atoms with van der Waals surface area (Å²) in [5, 5.41) is 37.4. The lowest BCUT2D eigenvalue weighted by Gasteiger charge is -2.57. The number of carbonyl (C=O) groups is 3. The van der Waals surface area contributed by atoms with Crippen LogP contribution < -0.4 is 0 Å². The molecule has 0 radical (unpaired) electrons. The fourth-order valence-corrected chi connectivity index (χ4v) is 8.65. The molecule has 3 aliphatic carbocycles. The number of aliphatic hydroxyl groups is 3. The Hall–Kier alpha value is -2.07. The summed E-state index contributed by atoms with van der Waals surface area (Å²) in [6.45, 7) is 9.80. The molecule has 9 atom stereocenters. The number of cyclic esters (lactones) is 1. The van der Waals surface area contributed by atoms with E-state index in [1.165, 1.54) is 13.8 Å². The number of rotatable bonds is 4. The number of ketones is 1. The Bertz CT molecular complexity index is 1190. The molecule has 2 unspecified atom stereocenters. The van der Waals surface area contributed by atoms with Crippen LogP contribution in [0, 0.1) is 16.7 Å². The zero-order valence-corrected chi connectivity index (χ0v) is 24.5. The minimum absolute atomic E-state index is 0.000878. The fourth-order valence-electron chi connectivity index (χ4n) is 8.65. The van der Waals surface area contributed by atoms with Gasteiger partial charge in [0.25, 0.3) is 0 Å². The van der Waals surface area contributed by atoms with Crippen molar-refractivity contribution in [1.29, 1.82) is 0 Å². The SMILES string of the molecule is CC(=O)OC[C@]12CC[C@@H](C)[C@@]3(C)C(=O)C=CC[C@]34O[C@@H]4CC[C@]1(O)CC[C@@]2(O)C(C)(O)C1CC(C)=C(C)C(=O)O1. The van der Waals surface area contributed by atoms with Crippen molar-refractivity contribution in [3.63, 3.8) is 0 Å². The van der Waals surface area contributed by atoms with Crippen LogP contribution in [0.25, 0.3) is 0 Å². The lowest BCUT2D eigenvalue weighted by molar-refractivity contribution is -0.275. The number of fused-ring (bicyclic) bond motifs is 1. The second kappa shape index (κ2) is 9.21. The molecule has 0 aromatic heterocycles. The molecule has 3 N–H and O–H groups in total. The summed E-state index contributed by atoms with van der Waals surface area (Å²) in [5.74, 6) is -1.34. The van der Waals surface area contributed by atoms with E-state index < -0.39 is 51.3 Å². The minimum Gasteiger partial charge on any atom is -0.465 e. The molecule has 1 saturated heterocycles. The van der Waals surface area contributed by atoms with Crippen LogP contribution in [-0.2, 0) is 28.6 Å². The summed E-state index contributed by atoms with van der Waals surface area (Å²) in [5.41, 5.74) is -7.20. The number of hydrogen-bond acceptors (Lipinski definition) is 9. The second-order valence-corrected chi connectivity index (χ2v) is 13.6. The van der Waals surface area contributed by atoms with Crippen molar-refractivity contribution in [2.24, 2.45) is 16.7 Å². The predicted octanol–water partition coefficient (Wildman–Crippen LogP) is 3.08. The van der Waals surface area contributed by atoms with Gasteiger partial charge in [0.05, 0.1) is 22.5 Å². The van der Waals surface area contributed by atoms with Crippen LogP contribution in [0.2, 0.25) is 0 Å². The quantitative estimate of drug-likeness (QED) is 0.349. The average molecular weight is 561 g/mol. The molecule has 0 bridgehead atoms. The van der Waals surface area contributed by atoms with Gasteiger partial charge in [-0.25, -0.2) is 4.79 Å². The first kappa shape index (κ1) is 29.4. The first-order chi connectivity index (χ1) is 18.5. The van der Waals surface area contributed by atoms with E-state index in [4.69, 9.17) is 14.2 Å². The largest absolute Gasteiger partial charge is 0.465 e. The Kier molecular flexibility index (Phi) is 6.78. The molecule has 0 aromatic carbocycles. The van der Waals surface area contributed by atoms with E-state index >= 15 is 0 Å². The van der Waals surface area contributed by atoms with Crippen LogP contribution in [0.5, 0.6) is 0 Å². The number of esters is 2. The van der Waals surface area contributed by atoms with E-state index in [0.717, 1.165) is 5.57 Å². The van der Waals surface area contributed by atoms with Crippen molar-refractivity contribution in [1.82, 2.24) is 0 Å². The molecule has 9 heteroatoms. The van der Waals surface area contributed by atoms with E-state index in [0.29, 0.717) is 24.8 Å². The van der Waals surface area contributed by atoms with E-state index in [-0.39, 0.29) is 56.5 Å². The first-order valence-electron chi connectivity index (χ1n) is 14.6. The Morgan fingerprint density at radius 3 is 2.50 bits per heavy atom. The number of hydrogen-bond donors (Lipinski definition) is 3. The fraction of sp³-hybridized carbons (Fsp3) is 0.774. The zero-order chi connectivity index (χ0) is 29.5. The molecular weight excluding hydrogens is 516 g/mol. The van der Waals surface area contributed by atoms with Crippen molar-refractivity contribution >= 4 is 17.7 Å². The van der Waals surface area contributed by atoms with Gasteiger partial charge in [0.2, 0.25) is 0 Å². The highest BCUT2D eigenvalue weighted by atomic mass is 16.6. The topological polar surface area (TPSA) is 143 Å². The third kappa shape index (κ3) is 3.69. The van der Waals surface area contributed by atoms with Gasteiger partial charge in [-0.2, -0.15) is 0 Å². The van der Waals surface area contributed by atoms with Gasteiger partial charge in [0.1, 0.15) is 29.5 Å². The minimum atomic E-state index is -1.99. The molecular formula is C31H44O9. The van der Waals surface area contributed by atoms with Crippen molar-refractivity contribution in [3.8, 4) is 0 Å². The Morgan fingerprint density at radius 2 is 1.85 bits per heavy atom. The van der Waals surface area contributed by atoms with Crippen LogP contribution in [-0.4, -0.2) is 74.3 Å². The lowest BCUT2D eigenvalue weighted by atomic mass is 9.53. The van der Waals surface area contributed by atoms with Crippen LogP contribution >= 0.6 is 0 Å². The van der Waals surface area contributed by atoms with Gasteiger partial charge in [-0.1, -0.05) is 18.6 Å². The van der Waals surface area contributed by atoms with Gasteiger partial charge in [0, 0.05) is 18.9 Å². The summed E-state index contributed by atoms with van der Waals surface area (Å²) in [6.07, 6.45) is 4.44. The Labute approximate surface area is 235 Å². The number of allylic oxidation sites excluding steroid dienone is 1. The van der Waals surface area contributed by atoms with Gasteiger partial charge >= 0.3 is 11.9 Å². The predicted molar refractivity (Wildman–Crippen MR) is 144 cm³/mol. The number of ether oxygens (including phenoxy) is 3. The van der Waals surface area contributed by atoms with Crippen LogP contribution in [0.3, 0.4) is 0 Å². The van der Waals surface area contributed by atoms with Crippen molar-refractivity contribution in [2.75, 3.05) is 6.61 Å². The Morgan fingerprint density at radius 1 is 1.15 bits per heavy atom. The summed E-state index contributed by atoms with van der Waals surface area (Å²) in [6, 6.07) is 0. The number of epoxide rings is 1. The van der Waals surface area contributed by atoms with Crippen LogP contribution in [0.4, 0.5) is 0 Å². The van der Waals surface area contributed by atoms with E-state index in [9.17, 15) is 29.7 Å². The van der Waals surface area contributed by atoms with Crippen LogP contribution in [0.15, 0.2) is 23.3 Å². The summed E-state index contributed by atoms with van der Waals surface area (Å²) < 4.78 is 17.6. The zero-order valence-electron chi connectivity index (χ0n) is 24.5. The molecule has 1 spiro atoms. The molecule has 5 aliphatic rings. The normalized spacial score (nSPS) is 46.5. The molecule has 2 saturated carbocycles. The molecule has 9 nitrogen and oxygen atoms in total. The highest BCUT2D eigenvalue weighted by Crippen LogP contribution is 2.67. The van der Waals surface area contributed by atoms with Crippen LogP contribution in [0.1, 0.15) is 92.9 Å². The van der Waals surface area contributed by atoms with Gasteiger partial charge < -0.3 is 29.5 Å². The van der Waals surface area contributed by atoms with E-state index in [1.807, 2.05) is 19.9 Å². The standard InChI is InChI=1S/C31H44O9/c1-18-16-24(39-25(34)20(18)3)27(6,35)31(37)15-14-29(36)13-10-23-30(40-23)11-7-8-22(33)26(30,5)19(2)9-12-28(29,31)17-38-21(4)32/h7-8,19,23-24,35-37H,9-17H2,1-6H3/t19-,23-,24?,26+,27?,28-,29+,30-,31-/m1/s1. The molecule has 40 heavy (non-hydrogen) atoms.